The zero-order valence-electron chi connectivity index (χ0n) is 12.4. The van der Waals surface area contributed by atoms with Crippen molar-refractivity contribution in [2.24, 2.45) is 0 Å². The first-order valence-electron chi connectivity index (χ1n) is 7.98. The Labute approximate surface area is 126 Å². The van der Waals surface area contributed by atoms with E-state index in [0.29, 0.717) is 0 Å². The number of nitrogens with one attached hydrogen (secondary N) is 1. The molecule has 0 amide bonds. The number of anilines is 1. The smallest absolute Gasteiger partial charge is 0.185 e. The van der Waals surface area contributed by atoms with Gasteiger partial charge < -0.3 is 10.2 Å². The van der Waals surface area contributed by atoms with Crippen molar-refractivity contribution in [3.05, 3.63) is 11.6 Å². The molecule has 4 nitrogen and oxygen atoms in total. The van der Waals surface area contributed by atoms with Crippen molar-refractivity contribution in [2.45, 2.75) is 44.7 Å². The van der Waals surface area contributed by atoms with Gasteiger partial charge in [-0.15, -0.1) is 11.3 Å². The summed E-state index contributed by atoms with van der Waals surface area (Å²) in [5, 5.41) is 6.87. The average molecular weight is 294 g/mol. The van der Waals surface area contributed by atoms with Crippen LogP contribution in [0.1, 0.15) is 32.6 Å². The van der Waals surface area contributed by atoms with Gasteiger partial charge in [-0.3, -0.25) is 4.90 Å². The number of piperazine rings is 1. The van der Waals surface area contributed by atoms with Crippen molar-refractivity contribution >= 4 is 16.5 Å². The van der Waals surface area contributed by atoms with Crippen molar-refractivity contribution in [1.29, 1.82) is 0 Å². The molecule has 0 unspecified atom stereocenters. The van der Waals surface area contributed by atoms with E-state index >= 15 is 0 Å². The Hall–Kier alpha value is -0.650. The first-order valence-corrected chi connectivity index (χ1v) is 8.86. The molecule has 1 saturated heterocycles. The number of rotatable bonds is 4. The Morgan fingerprint density at radius 3 is 2.55 bits per heavy atom. The van der Waals surface area contributed by atoms with Gasteiger partial charge in [0.2, 0.25) is 0 Å². The molecule has 0 spiro atoms. The molecule has 3 rings (SSSR count). The van der Waals surface area contributed by atoms with Crippen LogP contribution in [0.4, 0.5) is 5.13 Å². The normalized spacial score (nSPS) is 28.8. The summed E-state index contributed by atoms with van der Waals surface area (Å²) < 4.78 is 0. The van der Waals surface area contributed by atoms with Gasteiger partial charge in [-0.1, -0.05) is 6.92 Å². The minimum Gasteiger partial charge on any atom is -0.346 e. The van der Waals surface area contributed by atoms with Crippen LogP contribution >= 0.6 is 11.3 Å². The van der Waals surface area contributed by atoms with E-state index < -0.39 is 0 Å². The molecular weight excluding hydrogens is 268 g/mol. The Bertz CT molecular complexity index is 379. The highest BCUT2D eigenvalue weighted by Crippen LogP contribution is 2.25. The van der Waals surface area contributed by atoms with Crippen molar-refractivity contribution in [3.63, 3.8) is 0 Å². The summed E-state index contributed by atoms with van der Waals surface area (Å²) >= 11 is 1.76. The Morgan fingerprint density at radius 2 is 1.95 bits per heavy atom. The number of thiazole rings is 1. The largest absolute Gasteiger partial charge is 0.346 e. The molecule has 0 atom stereocenters. The number of aromatic nitrogens is 1. The van der Waals surface area contributed by atoms with Crippen LogP contribution in [-0.2, 0) is 0 Å². The number of hydrogen-bond acceptors (Lipinski definition) is 5. The van der Waals surface area contributed by atoms with Gasteiger partial charge >= 0.3 is 0 Å². The Balaban J connectivity index is 1.45. The van der Waals surface area contributed by atoms with E-state index in [2.05, 4.69) is 32.4 Å². The second-order valence-electron chi connectivity index (χ2n) is 5.90. The Morgan fingerprint density at radius 1 is 1.20 bits per heavy atom. The van der Waals surface area contributed by atoms with Crippen molar-refractivity contribution in [3.8, 4) is 0 Å². The van der Waals surface area contributed by atoms with Crippen LogP contribution in [0, 0.1) is 0 Å². The molecule has 1 saturated carbocycles. The molecule has 0 aromatic carbocycles. The van der Waals surface area contributed by atoms with Gasteiger partial charge in [0.25, 0.3) is 0 Å². The van der Waals surface area contributed by atoms with Crippen LogP contribution < -0.4 is 10.2 Å². The van der Waals surface area contributed by atoms with Crippen LogP contribution in [0.15, 0.2) is 11.6 Å². The maximum atomic E-state index is 4.43. The van der Waals surface area contributed by atoms with Gasteiger partial charge in [0.1, 0.15) is 0 Å². The summed E-state index contributed by atoms with van der Waals surface area (Å²) in [4.78, 5) is 9.58. The van der Waals surface area contributed by atoms with E-state index in [1.165, 1.54) is 43.9 Å². The standard InChI is InChI=1S/C15H26N4S/c1-2-16-13-3-5-14(6-4-13)18-8-10-19(11-9-18)15-17-7-12-20-15/h7,12-14,16H,2-6,8-11H2,1H3. The van der Waals surface area contributed by atoms with E-state index in [4.69, 9.17) is 0 Å². The molecule has 1 N–H and O–H groups in total. The maximum absolute atomic E-state index is 4.43. The molecule has 0 bridgehead atoms. The third-order valence-corrected chi connectivity index (χ3v) is 5.54. The third kappa shape index (κ3) is 3.32. The fourth-order valence-corrected chi connectivity index (χ4v) is 4.28. The highest BCUT2D eigenvalue weighted by molar-refractivity contribution is 7.13. The summed E-state index contributed by atoms with van der Waals surface area (Å²) in [7, 11) is 0. The molecule has 1 aromatic heterocycles. The van der Waals surface area contributed by atoms with Gasteiger partial charge in [0, 0.05) is 49.8 Å². The predicted molar refractivity (Wildman–Crippen MR) is 85.6 cm³/mol. The lowest BCUT2D eigenvalue weighted by atomic mass is 9.90. The first kappa shape index (κ1) is 14.3. The van der Waals surface area contributed by atoms with Gasteiger partial charge in [-0.2, -0.15) is 0 Å². The van der Waals surface area contributed by atoms with Crippen molar-refractivity contribution in [1.82, 2.24) is 15.2 Å². The summed E-state index contributed by atoms with van der Waals surface area (Å²) in [5.41, 5.74) is 0. The molecule has 1 aliphatic heterocycles. The molecule has 0 radical (unpaired) electrons. The van der Waals surface area contributed by atoms with E-state index in [-0.39, 0.29) is 0 Å². The van der Waals surface area contributed by atoms with E-state index in [0.717, 1.165) is 31.7 Å². The van der Waals surface area contributed by atoms with Crippen LogP contribution in [0.2, 0.25) is 0 Å². The van der Waals surface area contributed by atoms with E-state index in [1.54, 1.807) is 11.3 Å². The van der Waals surface area contributed by atoms with Crippen LogP contribution in [-0.4, -0.2) is 54.7 Å². The minimum atomic E-state index is 0.771. The maximum Gasteiger partial charge on any atom is 0.185 e. The molecular formula is C15H26N4S. The average Bonchev–Trinajstić information content (AvgIpc) is 3.03. The molecule has 1 aliphatic carbocycles. The monoisotopic (exact) mass is 294 g/mol. The second kappa shape index (κ2) is 6.87. The second-order valence-corrected chi connectivity index (χ2v) is 6.77. The molecule has 112 valence electrons. The summed E-state index contributed by atoms with van der Waals surface area (Å²) in [5.74, 6) is 0. The van der Waals surface area contributed by atoms with Gasteiger partial charge in [-0.25, -0.2) is 4.98 Å². The zero-order valence-corrected chi connectivity index (χ0v) is 13.2. The molecule has 2 fully saturated rings. The summed E-state index contributed by atoms with van der Waals surface area (Å²) in [6.07, 6.45) is 7.36. The topological polar surface area (TPSA) is 31.4 Å². The predicted octanol–water partition coefficient (Wildman–Crippen LogP) is 2.19. The summed E-state index contributed by atoms with van der Waals surface area (Å²) in [6, 6.07) is 1.59. The van der Waals surface area contributed by atoms with Gasteiger partial charge in [-0.05, 0) is 32.2 Å². The van der Waals surface area contributed by atoms with Gasteiger partial charge in [0.15, 0.2) is 5.13 Å². The lowest BCUT2D eigenvalue weighted by molar-refractivity contribution is 0.136. The first-order chi connectivity index (χ1) is 9.86. The molecule has 2 heterocycles. The third-order valence-electron chi connectivity index (χ3n) is 4.71. The van der Waals surface area contributed by atoms with E-state index in [1.807, 2.05) is 6.20 Å². The molecule has 2 aliphatic rings. The summed E-state index contributed by atoms with van der Waals surface area (Å²) in [6.45, 7) is 8.01. The van der Waals surface area contributed by atoms with Crippen molar-refractivity contribution in [2.75, 3.05) is 37.6 Å². The fraction of sp³-hybridized carbons (Fsp3) is 0.800. The molecule has 5 heteroatoms. The zero-order chi connectivity index (χ0) is 13.8. The number of hydrogen-bond donors (Lipinski definition) is 1. The number of nitrogens with zero attached hydrogens (tertiary/aromatic N) is 3. The van der Waals surface area contributed by atoms with Gasteiger partial charge in [0.05, 0.1) is 0 Å². The highest BCUT2D eigenvalue weighted by Gasteiger charge is 2.28. The molecule has 1 aromatic rings. The highest BCUT2D eigenvalue weighted by atomic mass is 32.1. The van der Waals surface area contributed by atoms with E-state index in [9.17, 15) is 0 Å². The lowest BCUT2D eigenvalue weighted by Crippen LogP contribution is -2.52. The SMILES string of the molecule is CCNC1CCC(N2CCN(c3nccs3)CC2)CC1. The van der Waals surface area contributed by atoms with Crippen LogP contribution in [0.3, 0.4) is 0 Å². The Kier molecular flexibility index (Phi) is 4.91. The van der Waals surface area contributed by atoms with Crippen LogP contribution in [0.25, 0.3) is 0 Å². The minimum absolute atomic E-state index is 0.771. The van der Waals surface area contributed by atoms with Crippen molar-refractivity contribution < 1.29 is 0 Å². The molecule has 20 heavy (non-hydrogen) atoms. The quantitative estimate of drug-likeness (QED) is 0.922. The lowest BCUT2D eigenvalue weighted by Gasteiger charge is -2.42. The van der Waals surface area contributed by atoms with Crippen LogP contribution in [0.5, 0.6) is 0 Å². The fourth-order valence-electron chi connectivity index (χ4n) is 3.58.